The first-order valence-corrected chi connectivity index (χ1v) is 10.5. The van der Waals surface area contributed by atoms with Gasteiger partial charge in [0.15, 0.2) is 0 Å². The Labute approximate surface area is 174 Å². The number of nitrogens with zero attached hydrogens (tertiary/aromatic N) is 1. The van der Waals surface area contributed by atoms with Gasteiger partial charge in [0, 0.05) is 25.9 Å². The minimum atomic E-state index is -0.603. The molecule has 2 aromatic rings. The Balaban J connectivity index is 1.99. The molecule has 3 rings (SSSR count). The standard InChI is InChI=1S/C24H32N2O3/c1-5-18(3)29-20-14-12-19(13-15-20)24(6-2)25-22-11-8-7-10-21(22)23(27)26(24)16-9-17-28-4/h7-8,10-15,18,25H,5-6,9,16-17H2,1-4H3. The normalized spacial score (nSPS) is 19.4. The SMILES string of the molecule is CCC(C)Oc1ccc(C2(CC)Nc3ccccc3C(=O)N2CCCOC)cc1. The van der Waals surface area contributed by atoms with Gasteiger partial charge in [-0.15, -0.1) is 0 Å². The number of amides is 1. The molecule has 5 heteroatoms. The first-order valence-electron chi connectivity index (χ1n) is 10.5. The van der Waals surface area contributed by atoms with Crippen LogP contribution in [0.25, 0.3) is 0 Å². The summed E-state index contributed by atoms with van der Waals surface area (Å²) in [4.78, 5) is 15.4. The molecule has 29 heavy (non-hydrogen) atoms. The lowest BCUT2D eigenvalue weighted by Crippen LogP contribution is -2.57. The first kappa shape index (κ1) is 21.2. The Hall–Kier alpha value is -2.53. The third kappa shape index (κ3) is 4.25. The van der Waals surface area contributed by atoms with Crippen LogP contribution < -0.4 is 10.1 Å². The van der Waals surface area contributed by atoms with Crippen molar-refractivity contribution >= 4 is 11.6 Å². The molecule has 2 atom stereocenters. The quantitative estimate of drug-likeness (QED) is 0.604. The van der Waals surface area contributed by atoms with Crippen LogP contribution in [0.15, 0.2) is 48.5 Å². The third-order valence-corrected chi connectivity index (χ3v) is 5.69. The zero-order valence-electron chi connectivity index (χ0n) is 17.9. The van der Waals surface area contributed by atoms with Gasteiger partial charge in [-0.3, -0.25) is 4.79 Å². The molecule has 0 bridgehead atoms. The molecule has 1 aliphatic heterocycles. The van der Waals surface area contributed by atoms with E-state index in [1.807, 2.05) is 41.3 Å². The Morgan fingerprint density at radius 2 is 1.83 bits per heavy atom. The van der Waals surface area contributed by atoms with Gasteiger partial charge >= 0.3 is 0 Å². The number of hydrogen-bond acceptors (Lipinski definition) is 4. The van der Waals surface area contributed by atoms with E-state index >= 15 is 0 Å². The number of fused-ring (bicyclic) bond motifs is 1. The van der Waals surface area contributed by atoms with Crippen LogP contribution in [-0.4, -0.2) is 37.2 Å². The number of carbonyl (C=O) groups excluding carboxylic acids is 1. The number of methoxy groups -OCH3 is 1. The lowest BCUT2D eigenvalue weighted by Gasteiger charge is -2.48. The van der Waals surface area contributed by atoms with Gasteiger partial charge in [0.05, 0.1) is 11.7 Å². The molecular formula is C24H32N2O3. The minimum absolute atomic E-state index is 0.0530. The van der Waals surface area contributed by atoms with Crippen LogP contribution in [0.2, 0.25) is 0 Å². The van der Waals surface area contributed by atoms with Crippen LogP contribution in [-0.2, 0) is 10.4 Å². The summed E-state index contributed by atoms with van der Waals surface area (Å²) in [5.41, 5.74) is 2.04. The summed E-state index contributed by atoms with van der Waals surface area (Å²) in [6, 6.07) is 15.9. The average Bonchev–Trinajstić information content (AvgIpc) is 2.75. The highest BCUT2D eigenvalue weighted by molar-refractivity contribution is 6.02. The Bertz CT molecular complexity index is 821. The molecule has 0 fully saturated rings. The molecule has 0 saturated carbocycles. The molecule has 1 aliphatic rings. The Morgan fingerprint density at radius 1 is 1.10 bits per heavy atom. The van der Waals surface area contributed by atoms with Crippen molar-refractivity contribution in [1.29, 1.82) is 0 Å². The topological polar surface area (TPSA) is 50.8 Å². The Kier molecular flexibility index (Phi) is 6.80. The summed E-state index contributed by atoms with van der Waals surface area (Å²) >= 11 is 0. The molecular weight excluding hydrogens is 364 g/mol. The summed E-state index contributed by atoms with van der Waals surface area (Å²) in [5.74, 6) is 0.903. The highest BCUT2D eigenvalue weighted by Gasteiger charge is 2.44. The molecule has 1 N–H and O–H groups in total. The highest BCUT2D eigenvalue weighted by Crippen LogP contribution is 2.40. The maximum absolute atomic E-state index is 13.4. The van der Waals surface area contributed by atoms with Crippen LogP contribution in [0.3, 0.4) is 0 Å². The van der Waals surface area contributed by atoms with Gasteiger partial charge in [-0.25, -0.2) is 0 Å². The van der Waals surface area contributed by atoms with E-state index < -0.39 is 5.66 Å². The van der Waals surface area contributed by atoms with Crippen LogP contribution >= 0.6 is 0 Å². The second kappa shape index (κ2) is 9.31. The fourth-order valence-corrected chi connectivity index (χ4v) is 3.88. The number of benzene rings is 2. The highest BCUT2D eigenvalue weighted by atomic mass is 16.5. The number of ether oxygens (including phenoxy) is 2. The van der Waals surface area contributed by atoms with Crippen LogP contribution in [0.5, 0.6) is 5.75 Å². The number of rotatable bonds is 9. The fraction of sp³-hybridized carbons (Fsp3) is 0.458. The first-order chi connectivity index (χ1) is 14.1. The monoisotopic (exact) mass is 396 g/mol. The van der Waals surface area contributed by atoms with Crippen LogP contribution in [0.4, 0.5) is 5.69 Å². The van der Waals surface area contributed by atoms with Crippen molar-refractivity contribution in [3.63, 3.8) is 0 Å². The van der Waals surface area contributed by atoms with Crippen molar-refractivity contribution in [2.24, 2.45) is 0 Å². The van der Waals surface area contributed by atoms with E-state index in [0.717, 1.165) is 36.3 Å². The summed E-state index contributed by atoms with van der Waals surface area (Å²) < 4.78 is 11.2. The smallest absolute Gasteiger partial charge is 0.258 e. The number of carbonyl (C=O) groups is 1. The van der Waals surface area contributed by atoms with Crippen molar-refractivity contribution in [3.8, 4) is 5.75 Å². The van der Waals surface area contributed by atoms with Gasteiger partial charge in [-0.2, -0.15) is 0 Å². The maximum atomic E-state index is 13.4. The second-order valence-corrected chi connectivity index (χ2v) is 7.55. The number of nitrogens with one attached hydrogen (secondary N) is 1. The molecule has 0 spiro atoms. The molecule has 0 saturated heterocycles. The lowest BCUT2D eigenvalue weighted by atomic mass is 9.89. The van der Waals surface area contributed by atoms with Crippen LogP contribution in [0, 0.1) is 0 Å². The van der Waals surface area contributed by atoms with E-state index in [9.17, 15) is 4.79 Å². The summed E-state index contributed by atoms with van der Waals surface area (Å²) in [7, 11) is 1.69. The summed E-state index contributed by atoms with van der Waals surface area (Å²) in [5, 5.41) is 3.68. The van der Waals surface area contributed by atoms with E-state index in [0.29, 0.717) is 18.7 Å². The van der Waals surface area contributed by atoms with Crippen molar-refractivity contribution < 1.29 is 14.3 Å². The number of para-hydroxylation sites is 1. The van der Waals surface area contributed by atoms with Crippen molar-refractivity contribution in [2.45, 2.75) is 51.8 Å². The minimum Gasteiger partial charge on any atom is -0.491 e. The fourth-order valence-electron chi connectivity index (χ4n) is 3.88. The molecule has 1 amide bonds. The van der Waals surface area contributed by atoms with E-state index in [1.54, 1.807) is 7.11 Å². The molecule has 2 unspecified atom stereocenters. The van der Waals surface area contributed by atoms with Gasteiger partial charge in [-0.1, -0.05) is 38.1 Å². The van der Waals surface area contributed by atoms with Gasteiger partial charge < -0.3 is 19.7 Å². The van der Waals surface area contributed by atoms with Gasteiger partial charge in [-0.05, 0) is 56.0 Å². The van der Waals surface area contributed by atoms with Gasteiger partial charge in [0.25, 0.3) is 5.91 Å². The molecule has 156 valence electrons. The van der Waals surface area contributed by atoms with Gasteiger partial charge in [0.1, 0.15) is 11.4 Å². The predicted molar refractivity (Wildman–Crippen MR) is 116 cm³/mol. The number of hydrogen-bond donors (Lipinski definition) is 1. The number of anilines is 1. The Morgan fingerprint density at radius 3 is 2.48 bits per heavy atom. The van der Waals surface area contributed by atoms with Crippen molar-refractivity contribution in [2.75, 3.05) is 25.6 Å². The lowest BCUT2D eigenvalue weighted by molar-refractivity contribution is 0.0451. The average molecular weight is 397 g/mol. The van der Waals surface area contributed by atoms with Crippen molar-refractivity contribution in [1.82, 2.24) is 4.90 Å². The molecule has 0 radical (unpaired) electrons. The molecule has 1 heterocycles. The predicted octanol–water partition coefficient (Wildman–Crippen LogP) is 5.03. The third-order valence-electron chi connectivity index (χ3n) is 5.69. The zero-order chi connectivity index (χ0) is 20.9. The summed E-state index contributed by atoms with van der Waals surface area (Å²) in [6.45, 7) is 7.52. The molecule has 0 aliphatic carbocycles. The summed E-state index contributed by atoms with van der Waals surface area (Å²) in [6.07, 6.45) is 2.66. The van der Waals surface area contributed by atoms with E-state index in [-0.39, 0.29) is 12.0 Å². The molecule has 2 aromatic carbocycles. The largest absolute Gasteiger partial charge is 0.491 e. The molecule has 0 aromatic heterocycles. The van der Waals surface area contributed by atoms with E-state index in [4.69, 9.17) is 9.47 Å². The van der Waals surface area contributed by atoms with E-state index in [2.05, 4.69) is 38.2 Å². The van der Waals surface area contributed by atoms with Crippen molar-refractivity contribution in [3.05, 3.63) is 59.7 Å². The van der Waals surface area contributed by atoms with E-state index in [1.165, 1.54) is 0 Å². The van der Waals surface area contributed by atoms with Crippen LogP contribution in [0.1, 0.15) is 56.0 Å². The maximum Gasteiger partial charge on any atom is 0.258 e. The molecule has 5 nitrogen and oxygen atoms in total. The zero-order valence-corrected chi connectivity index (χ0v) is 17.9. The van der Waals surface area contributed by atoms with Gasteiger partial charge in [0.2, 0.25) is 0 Å². The second-order valence-electron chi connectivity index (χ2n) is 7.55.